The molecule has 2 aromatic carbocycles. The number of methoxy groups -OCH3 is 2. The molecule has 43 heavy (non-hydrogen) atoms. The molecule has 0 bridgehead atoms. The van der Waals surface area contributed by atoms with E-state index >= 15 is 0 Å². The van der Waals surface area contributed by atoms with Crippen LogP contribution in [-0.2, 0) is 20.7 Å². The Labute approximate surface area is 254 Å². The van der Waals surface area contributed by atoms with Gasteiger partial charge >= 0.3 is 6.09 Å². The largest absolute Gasteiger partial charge is 0.493 e. The lowest BCUT2D eigenvalue weighted by Gasteiger charge is -2.42. The van der Waals surface area contributed by atoms with Crippen molar-refractivity contribution in [3.63, 3.8) is 0 Å². The third kappa shape index (κ3) is 7.86. The lowest BCUT2D eigenvalue weighted by Crippen LogP contribution is -2.56. The zero-order valence-corrected chi connectivity index (χ0v) is 26.3. The summed E-state index contributed by atoms with van der Waals surface area (Å²) in [5, 5.41) is 9.26. The molecule has 0 radical (unpaired) electrons. The summed E-state index contributed by atoms with van der Waals surface area (Å²) >= 11 is 0. The summed E-state index contributed by atoms with van der Waals surface area (Å²) in [6, 6.07) is 14.3. The van der Waals surface area contributed by atoms with E-state index in [2.05, 4.69) is 5.32 Å². The summed E-state index contributed by atoms with van der Waals surface area (Å²) in [6.07, 6.45) is 1.35. The number of amides is 3. The Balaban J connectivity index is 1.49. The first-order chi connectivity index (χ1) is 20.3. The molecule has 10 heteroatoms. The van der Waals surface area contributed by atoms with Crippen LogP contribution < -0.4 is 14.8 Å². The molecule has 4 rings (SSSR count). The summed E-state index contributed by atoms with van der Waals surface area (Å²) in [5.41, 5.74) is 1.27. The van der Waals surface area contributed by atoms with Crippen LogP contribution in [0.1, 0.15) is 65.0 Å². The minimum atomic E-state index is -0.779. The molecule has 1 fully saturated rings. The second-order valence-corrected chi connectivity index (χ2v) is 12.8. The number of ether oxygens (including phenoxy) is 3. The smallest absolute Gasteiger partial charge is 0.408 e. The predicted octanol–water partition coefficient (Wildman–Crippen LogP) is 4.79. The second-order valence-electron chi connectivity index (χ2n) is 12.8. The Morgan fingerprint density at radius 1 is 1.02 bits per heavy atom. The first kappa shape index (κ1) is 31.8. The molecule has 1 saturated heterocycles. The van der Waals surface area contributed by atoms with E-state index in [1.54, 1.807) is 44.9 Å². The minimum absolute atomic E-state index is 0.0324. The quantitative estimate of drug-likeness (QED) is 0.472. The summed E-state index contributed by atoms with van der Waals surface area (Å²) in [6.45, 7) is 10.1. The van der Waals surface area contributed by atoms with Gasteiger partial charge in [-0.3, -0.25) is 9.59 Å². The zero-order valence-electron chi connectivity index (χ0n) is 26.3. The molecule has 1 N–H and O–H groups in total. The van der Waals surface area contributed by atoms with E-state index in [0.717, 1.165) is 16.8 Å². The van der Waals surface area contributed by atoms with E-state index < -0.39 is 23.2 Å². The van der Waals surface area contributed by atoms with Gasteiger partial charge in [-0.2, -0.15) is 5.10 Å². The first-order valence-corrected chi connectivity index (χ1v) is 14.8. The number of nitrogens with one attached hydrogen (secondary N) is 1. The molecule has 2 aliphatic heterocycles. The van der Waals surface area contributed by atoms with Crippen molar-refractivity contribution in [1.82, 2.24) is 15.2 Å². The van der Waals surface area contributed by atoms with Crippen molar-refractivity contribution in [2.75, 3.05) is 27.3 Å². The lowest BCUT2D eigenvalue weighted by molar-refractivity contribution is -0.145. The van der Waals surface area contributed by atoms with Crippen molar-refractivity contribution in [3.05, 3.63) is 59.7 Å². The van der Waals surface area contributed by atoms with E-state index in [1.165, 1.54) is 0 Å². The van der Waals surface area contributed by atoms with Crippen molar-refractivity contribution in [2.24, 2.45) is 10.5 Å². The molecule has 0 aromatic heterocycles. The number of hydrogen-bond acceptors (Lipinski definition) is 7. The van der Waals surface area contributed by atoms with Crippen molar-refractivity contribution in [2.45, 2.75) is 78.0 Å². The number of alkyl carbamates (subject to hydrolysis) is 1. The Bertz CT molecular complexity index is 1340. The molecular formula is C33H44N4O6. The molecule has 2 aliphatic rings. The molecular weight excluding hydrogens is 548 g/mol. The van der Waals surface area contributed by atoms with E-state index in [9.17, 15) is 14.4 Å². The fraction of sp³-hybridized carbons (Fsp3) is 0.515. The van der Waals surface area contributed by atoms with Gasteiger partial charge in [-0.15, -0.1) is 0 Å². The van der Waals surface area contributed by atoms with Gasteiger partial charge in [0.2, 0.25) is 11.8 Å². The van der Waals surface area contributed by atoms with E-state index in [-0.39, 0.29) is 17.9 Å². The minimum Gasteiger partial charge on any atom is -0.493 e. The van der Waals surface area contributed by atoms with Crippen LogP contribution in [0.5, 0.6) is 11.5 Å². The maximum absolute atomic E-state index is 13.7. The van der Waals surface area contributed by atoms with Gasteiger partial charge in [-0.1, -0.05) is 44.2 Å². The van der Waals surface area contributed by atoms with Crippen molar-refractivity contribution in [3.8, 4) is 11.5 Å². The number of nitrogens with zero attached hydrogens (tertiary/aromatic N) is 3. The molecule has 0 spiro atoms. The van der Waals surface area contributed by atoms with E-state index in [0.29, 0.717) is 50.3 Å². The number of carbonyl (C=O) groups excluding carboxylic acids is 3. The van der Waals surface area contributed by atoms with E-state index in [1.807, 2.05) is 62.4 Å². The maximum Gasteiger partial charge on any atom is 0.408 e. The van der Waals surface area contributed by atoms with Crippen LogP contribution in [0, 0.1) is 5.41 Å². The predicted molar refractivity (Wildman–Crippen MR) is 164 cm³/mol. The van der Waals surface area contributed by atoms with Gasteiger partial charge in [0.1, 0.15) is 11.6 Å². The molecule has 1 atom stereocenters. The molecule has 3 amide bonds. The van der Waals surface area contributed by atoms with Gasteiger partial charge in [-0.25, -0.2) is 9.80 Å². The normalized spacial score (nSPS) is 18.0. The zero-order chi connectivity index (χ0) is 31.4. The Kier molecular flexibility index (Phi) is 9.67. The molecule has 0 saturated carbocycles. The average Bonchev–Trinajstić information content (AvgIpc) is 2.97. The SMILES string of the molecule is COc1ccc(C2=NN(C3CCN(C(=O)[C@@H](Cc4ccccc4)NC(=O)OC(C)(C)C)CC3)C(=O)C(C)(C)C2)cc1OC. The molecule has 10 nitrogen and oxygen atoms in total. The number of rotatable bonds is 8. The highest BCUT2D eigenvalue weighted by Gasteiger charge is 2.42. The van der Waals surface area contributed by atoms with Crippen LogP contribution in [0.15, 0.2) is 53.6 Å². The monoisotopic (exact) mass is 592 g/mol. The standard InChI is InChI=1S/C33H44N4O6/c1-32(2,3)43-31(40)34-25(19-22-11-9-8-10-12-22)29(38)36-17-15-24(16-18-36)37-30(39)33(4,5)21-26(35-37)23-13-14-27(41-6)28(20-23)42-7/h8-14,20,24-25H,15-19,21H2,1-7H3,(H,34,40)/t25-/m1/s1. The van der Waals surface area contributed by atoms with Crippen molar-refractivity contribution >= 4 is 23.6 Å². The maximum atomic E-state index is 13.7. The number of hydrogen-bond donors (Lipinski definition) is 1. The number of benzene rings is 2. The van der Waals surface area contributed by atoms with Crippen LogP contribution in [0.3, 0.4) is 0 Å². The number of piperidine rings is 1. The summed E-state index contributed by atoms with van der Waals surface area (Å²) in [5.74, 6) is 1.02. The highest BCUT2D eigenvalue weighted by molar-refractivity contribution is 6.06. The fourth-order valence-corrected chi connectivity index (χ4v) is 5.49. The molecule has 232 valence electrons. The van der Waals surface area contributed by atoms with Crippen molar-refractivity contribution in [1.29, 1.82) is 0 Å². The van der Waals surface area contributed by atoms with Gasteiger partial charge < -0.3 is 24.4 Å². The number of carbonyl (C=O) groups is 3. The Morgan fingerprint density at radius 2 is 1.67 bits per heavy atom. The average molecular weight is 593 g/mol. The third-order valence-corrected chi connectivity index (χ3v) is 7.74. The highest BCUT2D eigenvalue weighted by Crippen LogP contribution is 2.36. The Morgan fingerprint density at radius 3 is 2.28 bits per heavy atom. The number of likely N-dealkylation sites (tertiary alicyclic amines) is 1. The summed E-state index contributed by atoms with van der Waals surface area (Å²) < 4.78 is 16.3. The summed E-state index contributed by atoms with van der Waals surface area (Å²) in [4.78, 5) is 41.7. The molecule has 2 aromatic rings. The molecule has 0 unspecified atom stereocenters. The van der Waals surface area contributed by atoms with Crippen LogP contribution in [0.2, 0.25) is 0 Å². The summed E-state index contributed by atoms with van der Waals surface area (Å²) in [7, 11) is 3.18. The fourth-order valence-electron chi connectivity index (χ4n) is 5.49. The van der Waals surface area contributed by atoms with Gasteiger partial charge in [0.05, 0.1) is 31.4 Å². The van der Waals surface area contributed by atoms with Gasteiger partial charge in [0, 0.05) is 31.5 Å². The van der Waals surface area contributed by atoms with Gasteiger partial charge in [-0.05, 0) is 57.4 Å². The second kappa shape index (κ2) is 13.1. The van der Waals surface area contributed by atoms with E-state index in [4.69, 9.17) is 19.3 Å². The third-order valence-electron chi connectivity index (χ3n) is 7.74. The van der Waals surface area contributed by atoms with Gasteiger partial charge in [0.15, 0.2) is 11.5 Å². The lowest BCUT2D eigenvalue weighted by atomic mass is 9.82. The molecule has 2 heterocycles. The van der Waals surface area contributed by atoms with Crippen molar-refractivity contribution < 1.29 is 28.6 Å². The van der Waals surface area contributed by atoms with Gasteiger partial charge in [0.25, 0.3) is 0 Å². The molecule has 0 aliphatic carbocycles. The Hall–Kier alpha value is -4.08. The van der Waals surface area contributed by atoms with Crippen LogP contribution in [0.25, 0.3) is 0 Å². The van der Waals surface area contributed by atoms with Crippen LogP contribution in [-0.4, -0.2) is 78.5 Å². The number of hydrazone groups is 1. The highest BCUT2D eigenvalue weighted by atomic mass is 16.6. The van der Waals surface area contributed by atoms with Crippen LogP contribution in [0.4, 0.5) is 4.79 Å². The van der Waals surface area contributed by atoms with Crippen LogP contribution >= 0.6 is 0 Å². The topological polar surface area (TPSA) is 110 Å². The first-order valence-electron chi connectivity index (χ1n) is 14.8.